The Morgan fingerprint density at radius 1 is 1.04 bits per heavy atom. The summed E-state index contributed by atoms with van der Waals surface area (Å²) in [6.07, 6.45) is -2.06. The quantitative estimate of drug-likeness (QED) is 0.687. The van der Waals surface area contributed by atoms with Gasteiger partial charge in [-0.1, -0.05) is 0 Å². The van der Waals surface area contributed by atoms with Crippen LogP contribution in [0.5, 0.6) is 11.5 Å². The molecule has 1 aromatic carbocycles. The van der Waals surface area contributed by atoms with Gasteiger partial charge in [0, 0.05) is 25.3 Å². The molecule has 0 bridgehead atoms. The Labute approximate surface area is 162 Å². The number of fused-ring (bicyclic) bond motifs is 1. The third-order valence-corrected chi connectivity index (χ3v) is 4.49. The summed E-state index contributed by atoms with van der Waals surface area (Å²) in [5.41, 5.74) is 0.466. The molecule has 154 valence electrons. The molecular formula is C18H24N2O8. The summed E-state index contributed by atoms with van der Waals surface area (Å²) >= 11 is 0. The molecule has 0 spiro atoms. The molecular weight excluding hydrogens is 372 g/mol. The van der Waals surface area contributed by atoms with E-state index < -0.39 is 18.3 Å². The van der Waals surface area contributed by atoms with Gasteiger partial charge in [0.1, 0.15) is 30.3 Å². The van der Waals surface area contributed by atoms with Crippen LogP contribution in [0.4, 0.5) is 10.5 Å². The maximum absolute atomic E-state index is 12.3. The number of nitrogens with one attached hydrogen (secondary N) is 2. The summed E-state index contributed by atoms with van der Waals surface area (Å²) in [6, 6.07) is 4.67. The predicted molar refractivity (Wildman–Crippen MR) is 96.7 cm³/mol. The van der Waals surface area contributed by atoms with Crippen LogP contribution in [0.15, 0.2) is 18.2 Å². The highest BCUT2D eigenvalue weighted by Crippen LogP contribution is 2.30. The van der Waals surface area contributed by atoms with Crippen molar-refractivity contribution in [3.05, 3.63) is 18.2 Å². The first kappa shape index (κ1) is 20.2. The van der Waals surface area contributed by atoms with E-state index in [4.69, 9.17) is 28.4 Å². The maximum atomic E-state index is 12.3. The van der Waals surface area contributed by atoms with Crippen molar-refractivity contribution in [1.29, 1.82) is 0 Å². The molecule has 0 aliphatic carbocycles. The number of hydrogen-bond acceptors (Lipinski definition) is 8. The van der Waals surface area contributed by atoms with E-state index in [0.717, 1.165) is 0 Å². The molecule has 4 atom stereocenters. The fourth-order valence-electron chi connectivity index (χ4n) is 3.23. The van der Waals surface area contributed by atoms with E-state index >= 15 is 0 Å². The van der Waals surface area contributed by atoms with Crippen molar-refractivity contribution >= 4 is 17.7 Å². The van der Waals surface area contributed by atoms with Crippen LogP contribution in [-0.4, -0.2) is 77.5 Å². The molecule has 2 heterocycles. The van der Waals surface area contributed by atoms with Gasteiger partial charge in [-0.2, -0.15) is 0 Å². The minimum absolute atomic E-state index is 0.0414. The number of ether oxygens (including phenoxy) is 6. The van der Waals surface area contributed by atoms with Gasteiger partial charge in [-0.25, -0.2) is 4.79 Å². The molecule has 3 rings (SSSR count). The molecule has 1 aromatic rings. The summed E-state index contributed by atoms with van der Waals surface area (Å²) in [7, 11) is 4.48. The minimum atomic E-state index is -0.653. The first-order chi connectivity index (χ1) is 13.5. The third kappa shape index (κ3) is 4.64. The monoisotopic (exact) mass is 396 g/mol. The van der Waals surface area contributed by atoms with Crippen LogP contribution < -0.4 is 20.1 Å². The zero-order valence-corrected chi connectivity index (χ0v) is 15.9. The molecule has 2 amide bonds. The van der Waals surface area contributed by atoms with Gasteiger partial charge in [-0.05, 0) is 0 Å². The van der Waals surface area contributed by atoms with Gasteiger partial charge in [0.25, 0.3) is 0 Å². The van der Waals surface area contributed by atoms with Crippen molar-refractivity contribution < 1.29 is 38.0 Å². The minimum Gasteiger partial charge on any atom is -0.497 e. The second kappa shape index (κ2) is 9.09. The van der Waals surface area contributed by atoms with Crippen molar-refractivity contribution in [3.63, 3.8) is 0 Å². The van der Waals surface area contributed by atoms with Crippen LogP contribution in [0, 0.1) is 0 Å². The summed E-state index contributed by atoms with van der Waals surface area (Å²) in [4.78, 5) is 24.0. The smallest absolute Gasteiger partial charge is 0.412 e. The molecule has 2 aliphatic heterocycles. The lowest BCUT2D eigenvalue weighted by Crippen LogP contribution is -2.45. The molecule has 28 heavy (non-hydrogen) atoms. The van der Waals surface area contributed by atoms with Gasteiger partial charge in [-0.3, -0.25) is 10.1 Å². The lowest BCUT2D eigenvalue weighted by atomic mass is 10.1. The maximum Gasteiger partial charge on any atom is 0.412 e. The van der Waals surface area contributed by atoms with E-state index in [9.17, 15) is 9.59 Å². The number of anilines is 1. The molecule has 2 aliphatic rings. The van der Waals surface area contributed by atoms with E-state index in [1.807, 2.05) is 0 Å². The van der Waals surface area contributed by atoms with Crippen molar-refractivity contribution in [1.82, 2.24) is 5.32 Å². The summed E-state index contributed by atoms with van der Waals surface area (Å²) in [5.74, 6) is 0.815. The normalized spacial score (nSPS) is 25.7. The topological polar surface area (TPSA) is 114 Å². The summed E-state index contributed by atoms with van der Waals surface area (Å²) in [5, 5.41) is 5.43. The van der Waals surface area contributed by atoms with Crippen LogP contribution in [-0.2, 0) is 23.7 Å². The fraction of sp³-hybridized carbons (Fsp3) is 0.556. The Balaban J connectivity index is 1.55. The van der Waals surface area contributed by atoms with Gasteiger partial charge < -0.3 is 33.7 Å². The van der Waals surface area contributed by atoms with Gasteiger partial charge in [-0.15, -0.1) is 0 Å². The zero-order chi connectivity index (χ0) is 20.1. The van der Waals surface area contributed by atoms with Gasteiger partial charge >= 0.3 is 6.09 Å². The highest BCUT2D eigenvalue weighted by Gasteiger charge is 2.50. The molecule has 2 saturated heterocycles. The second-order valence-corrected chi connectivity index (χ2v) is 6.37. The average molecular weight is 396 g/mol. The highest BCUT2D eigenvalue weighted by atomic mass is 16.6. The van der Waals surface area contributed by atoms with Crippen LogP contribution in [0.1, 0.15) is 0 Å². The molecule has 2 N–H and O–H groups in total. The van der Waals surface area contributed by atoms with E-state index in [0.29, 0.717) is 17.2 Å². The largest absolute Gasteiger partial charge is 0.497 e. The fourth-order valence-corrected chi connectivity index (χ4v) is 3.23. The van der Waals surface area contributed by atoms with Crippen LogP contribution in [0.3, 0.4) is 0 Å². The Bertz CT molecular complexity index is 691. The van der Waals surface area contributed by atoms with Gasteiger partial charge in [0.2, 0.25) is 5.91 Å². The number of methoxy groups -OCH3 is 3. The van der Waals surface area contributed by atoms with E-state index in [-0.39, 0.29) is 37.9 Å². The first-order valence-corrected chi connectivity index (χ1v) is 8.76. The third-order valence-electron chi connectivity index (χ3n) is 4.49. The molecule has 10 heteroatoms. The standard InChI is InChI=1S/C18H24N2O8/c1-23-9-15(21)20-13-7-26-17-14(8-27-16(13)17)28-18(22)19-10-4-11(24-2)6-12(5-10)25-3/h4-6,13-14,16-17H,7-9H2,1-3H3,(H,19,22)(H,20,21). The van der Waals surface area contributed by atoms with Crippen molar-refractivity contribution in [2.75, 3.05) is 46.5 Å². The lowest BCUT2D eigenvalue weighted by molar-refractivity contribution is -0.126. The van der Waals surface area contributed by atoms with Gasteiger partial charge in [0.15, 0.2) is 6.10 Å². The Morgan fingerprint density at radius 2 is 1.71 bits per heavy atom. The van der Waals surface area contributed by atoms with Crippen LogP contribution in [0.2, 0.25) is 0 Å². The number of carbonyl (C=O) groups is 2. The number of rotatable bonds is 7. The Morgan fingerprint density at radius 3 is 2.36 bits per heavy atom. The predicted octanol–water partition coefficient (Wildman–Crippen LogP) is 0.550. The average Bonchev–Trinajstić information content (AvgIpc) is 3.25. The van der Waals surface area contributed by atoms with Crippen LogP contribution >= 0.6 is 0 Å². The van der Waals surface area contributed by atoms with Crippen molar-refractivity contribution in [3.8, 4) is 11.5 Å². The van der Waals surface area contributed by atoms with E-state index in [1.54, 1.807) is 18.2 Å². The van der Waals surface area contributed by atoms with Crippen LogP contribution in [0.25, 0.3) is 0 Å². The second-order valence-electron chi connectivity index (χ2n) is 6.37. The Hall–Kier alpha value is -2.56. The molecule has 10 nitrogen and oxygen atoms in total. The zero-order valence-electron chi connectivity index (χ0n) is 15.9. The summed E-state index contributed by atoms with van der Waals surface area (Å²) < 4.78 is 32.0. The van der Waals surface area contributed by atoms with Crippen molar-refractivity contribution in [2.24, 2.45) is 0 Å². The lowest BCUT2D eigenvalue weighted by Gasteiger charge is -2.18. The molecule has 0 radical (unpaired) electrons. The first-order valence-electron chi connectivity index (χ1n) is 8.76. The number of hydrogen-bond donors (Lipinski definition) is 2. The SMILES string of the molecule is COCC(=O)NC1COC2C(OC(=O)Nc3cc(OC)cc(OC)c3)COC12. The molecule has 0 saturated carbocycles. The number of carbonyl (C=O) groups excluding carboxylic acids is 2. The molecule has 2 fully saturated rings. The van der Waals surface area contributed by atoms with Gasteiger partial charge in [0.05, 0.1) is 39.2 Å². The number of amides is 2. The number of benzene rings is 1. The van der Waals surface area contributed by atoms with Crippen molar-refractivity contribution in [2.45, 2.75) is 24.4 Å². The highest BCUT2D eigenvalue weighted by molar-refractivity contribution is 5.85. The van der Waals surface area contributed by atoms with E-state index in [1.165, 1.54) is 21.3 Å². The molecule has 4 unspecified atom stereocenters. The molecule has 0 aromatic heterocycles. The Kier molecular flexibility index (Phi) is 6.55. The summed E-state index contributed by atoms with van der Waals surface area (Å²) in [6.45, 7) is 0.417. The van der Waals surface area contributed by atoms with E-state index in [2.05, 4.69) is 10.6 Å².